The molecule has 0 N–H and O–H groups in total. The summed E-state index contributed by atoms with van der Waals surface area (Å²) >= 11 is 5.83. The van der Waals surface area contributed by atoms with Crippen LogP contribution in [0, 0.1) is 10.1 Å². The number of benzene rings is 1. The van der Waals surface area contributed by atoms with Crippen LogP contribution in [-0.4, -0.2) is 9.91 Å². The lowest BCUT2D eigenvalue weighted by molar-refractivity contribution is -0.600. The van der Waals surface area contributed by atoms with Crippen LogP contribution in [0.15, 0.2) is 67.3 Å². The Morgan fingerprint density at radius 3 is 2.27 bits per heavy atom. The first-order valence-corrected chi connectivity index (χ1v) is 6.89. The van der Waals surface area contributed by atoms with Crippen molar-refractivity contribution in [2.75, 3.05) is 0 Å². The van der Waals surface area contributed by atoms with Gasteiger partial charge in [0.15, 0.2) is 12.4 Å². The quantitative estimate of drug-likeness (QED) is 0.422. The molecule has 2 aromatic heterocycles. The predicted molar refractivity (Wildman–Crippen MR) is 82.9 cm³/mol. The lowest BCUT2D eigenvalue weighted by Gasteiger charge is -2.01. The van der Waals surface area contributed by atoms with Crippen LogP contribution in [0.5, 0.6) is 0 Å². The number of halogens is 1. The van der Waals surface area contributed by atoms with Gasteiger partial charge in [-0.05, 0) is 29.3 Å². The molecule has 5 nitrogen and oxygen atoms in total. The Kier molecular flexibility index (Phi) is 3.80. The van der Waals surface area contributed by atoms with E-state index in [0.717, 1.165) is 11.1 Å². The molecule has 0 aliphatic heterocycles. The van der Waals surface area contributed by atoms with Crippen LogP contribution in [0.4, 0.5) is 5.69 Å². The van der Waals surface area contributed by atoms with E-state index >= 15 is 0 Å². The minimum Gasteiger partial charge on any atom is -0.265 e. The van der Waals surface area contributed by atoms with E-state index in [0.29, 0.717) is 10.7 Å². The molecule has 2 heterocycles. The van der Waals surface area contributed by atoms with Crippen molar-refractivity contribution in [1.29, 1.82) is 0 Å². The van der Waals surface area contributed by atoms with E-state index in [2.05, 4.69) is 4.98 Å². The Balaban J connectivity index is 2.02. The van der Waals surface area contributed by atoms with Gasteiger partial charge in [0.25, 0.3) is 5.69 Å². The fraction of sp³-hybridized carbons (Fsp3) is 0. The van der Waals surface area contributed by atoms with Crippen molar-refractivity contribution in [3.63, 3.8) is 0 Å². The minimum atomic E-state index is -0.439. The number of aromatic nitrogens is 2. The molecule has 0 spiro atoms. The second-order valence-corrected chi connectivity index (χ2v) is 5.06. The summed E-state index contributed by atoms with van der Waals surface area (Å²) in [5.41, 5.74) is 2.48. The van der Waals surface area contributed by atoms with Crippen LogP contribution < -0.4 is 4.57 Å². The Labute approximate surface area is 131 Å². The van der Waals surface area contributed by atoms with Crippen LogP contribution in [-0.2, 0) is 0 Å². The van der Waals surface area contributed by atoms with Crippen molar-refractivity contribution in [1.82, 2.24) is 4.98 Å². The zero-order chi connectivity index (χ0) is 15.5. The largest absolute Gasteiger partial charge is 0.341 e. The first kappa shape index (κ1) is 14.2. The third-order valence-electron chi connectivity index (χ3n) is 3.26. The smallest absolute Gasteiger partial charge is 0.265 e. The summed E-state index contributed by atoms with van der Waals surface area (Å²) in [6, 6.07) is 12.2. The van der Waals surface area contributed by atoms with Crippen LogP contribution >= 0.6 is 11.6 Å². The molecule has 0 saturated heterocycles. The van der Waals surface area contributed by atoms with Crippen LogP contribution in [0.3, 0.4) is 0 Å². The Morgan fingerprint density at radius 1 is 1.00 bits per heavy atom. The Morgan fingerprint density at radius 2 is 1.64 bits per heavy atom. The SMILES string of the molecule is O=[N+]([O-])c1cc(Cl)ccc1-[n+]1ccc(-c2ccncc2)cc1. The molecular formula is C16H11ClN3O2+. The molecule has 0 atom stereocenters. The Hall–Kier alpha value is -2.79. The van der Waals surface area contributed by atoms with Gasteiger partial charge in [-0.3, -0.25) is 15.1 Å². The highest BCUT2D eigenvalue weighted by atomic mass is 35.5. The molecule has 0 bridgehead atoms. The van der Waals surface area contributed by atoms with Gasteiger partial charge in [-0.1, -0.05) is 11.6 Å². The van der Waals surface area contributed by atoms with Gasteiger partial charge in [0.2, 0.25) is 0 Å². The normalized spacial score (nSPS) is 10.4. The van der Waals surface area contributed by atoms with Gasteiger partial charge in [-0.25, -0.2) is 0 Å². The summed E-state index contributed by atoms with van der Waals surface area (Å²) in [5.74, 6) is 0. The van der Waals surface area contributed by atoms with E-state index in [1.54, 1.807) is 41.5 Å². The molecule has 0 fully saturated rings. The first-order valence-electron chi connectivity index (χ1n) is 6.51. The number of pyridine rings is 2. The summed E-state index contributed by atoms with van der Waals surface area (Å²) in [6.45, 7) is 0. The second-order valence-electron chi connectivity index (χ2n) is 4.62. The number of rotatable bonds is 3. The standard InChI is InChI=1S/C16H11ClN3O2/c17-14-1-2-15(16(11-14)20(21)22)19-9-5-13(6-10-19)12-3-7-18-8-4-12/h1-11H/q+1. The summed E-state index contributed by atoms with van der Waals surface area (Å²) in [4.78, 5) is 14.7. The van der Waals surface area contributed by atoms with Gasteiger partial charge in [-0.15, -0.1) is 0 Å². The summed E-state index contributed by atoms with van der Waals surface area (Å²) in [6.07, 6.45) is 7.01. The molecule has 6 heteroatoms. The van der Waals surface area contributed by atoms with Crippen LogP contribution in [0.25, 0.3) is 16.8 Å². The summed E-state index contributed by atoms with van der Waals surface area (Å²) < 4.78 is 1.69. The number of nitro groups is 1. The van der Waals surface area contributed by atoms with E-state index < -0.39 is 4.92 Å². The summed E-state index contributed by atoms with van der Waals surface area (Å²) in [7, 11) is 0. The zero-order valence-electron chi connectivity index (χ0n) is 11.4. The zero-order valence-corrected chi connectivity index (χ0v) is 12.1. The fourth-order valence-corrected chi connectivity index (χ4v) is 2.35. The average molecular weight is 313 g/mol. The molecular weight excluding hydrogens is 302 g/mol. The van der Waals surface area contributed by atoms with Gasteiger partial charge in [0.1, 0.15) is 0 Å². The van der Waals surface area contributed by atoms with E-state index in [4.69, 9.17) is 11.6 Å². The molecule has 0 aliphatic carbocycles. The highest BCUT2D eigenvalue weighted by molar-refractivity contribution is 6.30. The lowest BCUT2D eigenvalue weighted by atomic mass is 10.1. The molecule has 22 heavy (non-hydrogen) atoms. The van der Waals surface area contributed by atoms with E-state index in [-0.39, 0.29) is 5.69 Å². The van der Waals surface area contributed by atoms with Crippen LogP contribution in [0.2, 0.25) is 5.02 Å². The van der Waals surface area contributed by atoms with Gasteiger partial charge < -0.3 is 0 Å². The summed E-state index contributed by atoms with van der Waals surface area (Å²) in [5, 5.41) is 11.5. The molecule has 0 aliphatic rings. The topological polar surface area (TPSA) is 59.9 Å². The monoisotopic (exact) mass is 312 g/mol. The van der Waals surface area contributed by atoms with Crippen LogP contribution in [0.1, 0.15) is 0 Å². The third kappa shape index (κ3) is 2.80. The maximum atomic E-state index is 11.2. The highest BCUT2D eigenvalue weighted by Gasteiger charge is 2.22. The number of nitrogens with zero attached hydrogens (tertiary/aromatic N) is 3. The van der Waals surface area contributed by atoms with Crippen molar-refractivity contribution in [2.24, 2.45) is 0 Å². The number of hydrogen-bond donors (Lipinski definition) is 0. The maximum Gasteiger partial charge on any atom is 0.341 e. The molecule has 0 amide bonds. The van der Waals surface area contributed by atoms with Gasteiger partial charge in [0.05, 0.1) is 4.92 Å². The fourth-order valence-electron chi connectivity index (χ4n) is 2.19. The van der Waals surface area contributed by atoms with Crippen molar-refractivity contribution in [3.8, 4) is 16.8 Å². The second kappa shape index (κ2) is 5.91. The molecule has 3 aromatic rings. The van der Waals surface area contributed by atoms with E-state index in [1.807, 2.05) is 24.3 Å². The predicted octanol–water partition coefficient (Wildman–Crippen LogP) is 3.59. The molecule has 0 unspecified atom stereocenters. The van der Waals surface area contributed by atoms with E-state index in [1.165, 1.54) is 6.07 Å². The average Bonchev–Trinajstić information content (AvgIpc) is 2.56. The van der Waals surface area contributed by atoms with E-state index in [9.17, 15) is 10.1 Å². The van der Waals surface area contributed by atoms with Crippen molar-refractivity contribution >= 4 is 17.3 Å². The molecule has 108 valence electrons. The van der Waals surface area contributed by atoms with Crippen molar-refractivity contribution in [2.45, 2.75) is 0 Å². The lowest BCUT2D eigenvalue weighted by Crippen LogP contribution is -2.30. The number of hydrogen-bond acceptors (Lipinski definition) is 3. The number of nitro benzene ring substituents is 1. The molecule has 3 rings (SSSR count). The Bertz CT molecular complexity index is 821. The molecule has 0 saturated carbocycles. The van der Waals surface area contributed by atoms with Gasteiger partial charge >= 0.3 is 5.69 Å². The molecule has 0 radical (unpaired) electrons. The van der Waals surface area contributed by atoms with Gasteiger partial charge in [0, 0.05) is 41.7 Å². The van der Waals surface area contributed by atoms with Crippen molar-refractivity contribution in [3.05, 3.63) is 82.4 Å². The van der Waals surface area contributed by atoms with Gasteiger partial charge in [-0.2, -0.15) is 4.57 Å². The highest BCUT2D eigenvalue weighted by Crippen LogP contribution is 2.23. The third-order valence-corrected chi connectivity index (χ3v) is 3.49. The minimum absolute atomic E-state index is 0.0332. The first-order chi connectivity index (χ1) is 10.6. The maximum absolute atomic E-state index is 11.2. The molecule has 1 aromatic carbocycles. The van der Waals surface area contributed by atoms with Crippen molar-refractivity contribution < 1.29 is 9.49 Å².